The Morgan fingerprint density at radius 2 is 0.523 bits per heavy atom. The van der Waals surface area contributed by atoms with Crippen LogP contribution >= 0.6 is 15.6 Å². The lowest BCUT2D eigenvalue weighted by Crippen LogP contribution is -2.30. The molecule has 3 N–H and O–H groups in total. The minimum Gasteiger partial charge on any atom is -0.462 e. The van der Waals surface area contributed by atoms with E-state index in [-0.39, 0.29) is 25.7 Å². The number of hydrogen-bond acceptors (Lipinski definition) is 15. The van der Waals surface area contributed by atoms with Crippen molar-refractivity contribution in [2.45, 2.75) is 374 Å². The van der Waals surface area contributed by atoms with Crippen LogP contribution in [-0.2, 0) is 65.4 Å². The van der Waals surface area contributed by atoms with E-state index < -0.39 is 97.5 Å². The molecule has 0 aromatic carbocycles. The number of carbonyl (C=O) groups excluding carboxylic acids is 4. The molecule has 19 heteroatoms. The zero-order valence-electron chi connectivity index (χ0n) is 56.9. The lowest BCUT2D eigenvalue weighted by molar-refractivity contribution is -0.161. The molecule has 0 spiro atoms. The lowest BCUT2D eigenvalue weighted by Gasteiger charge is -2.21. The van der Waals surface area contributed by atoms with Crippen LogP contribution in [0.2, 0.25) is 0 Å². The monoisotopic (exact) mass is 1300 g/mol. The maximum Gasteiger partial charge on any atom is 0.472 e. The number of aliphatic hydroxyl groups is 1. The first kappa shape index (κ1) is 86.1. The maximum atomic E-state index is 13.0. The summed E-state index contributed by atoms with van der Waals surface area (Å²) in [6.07, 6.45) is 48.7. The number of hydrogen-bond donors (Lipinski definition) is 3. The summed E-state index contributed by atoms with van der Waals surface area (Å²) in [5.74, 6) is -1.45. The Hall–Kier alpha value is -1.94. The van der Waals surface area contributed by atoms with Gasteiger partial charge in [-0.05, 0) is 31.6 Å². The molecule has 0 aromatic rings. The van der Waals surface area contributed by atoms with E-state index in [9.17, 15) is 43.2 Å². The molecule has 0 rings (SSSR count). The van der Waals surface area contributed by atoms with Crippen molar-refractivity contribution in [1.29, 1.82) is 0 Å². The van der Waals surface area contributed by atoms with Crippen LogP contribution in [0.25, 0.3) is 0 Å². The number of carbonyl (C=O) groups is 4. The van der Waals surface area contributed by atoms with Crippen LogP contribution in [0.3, 0.4) is 0 Å². The van der Waals surface area contributed by atoms with E-state index in [1.54, 1.807) is 0 Å². The number of unbranched alkanes of at least 4 members (excludes halogenated alkanes) is 41. The van der Waals surface area contributed by atoms with Crippen molar-refractivity contribution in [3.63, 3.8) is 0 Å². The molecule has 0 aliphatic carbocycles. The number of ether oxygens (including phenoxy) is 4. The van der Waals surface area contributed by atoms with Crippen molar-refractivity contribution in [3.05, 3.63) is 0 Å². The number of esters is 4. The van der Waals surface area contributed by atoms with Crippen molar-refractivity contribution >= 4 is 39.5 Å². The van der Waals surface area contributed by atoms with Gasteiger partial charge in [0, 0.05) is 25.7 Å². The predicted octanol–water partition coefficient (Wildman–Crippen LogP) is 19.7. The van der Waals surface area contributed by atoms with Crippen LogP contribution in [-0.4, -0.2) is 96.7 Å². The Bertz CT molecular complexity index is 1700. The van der Waals surface area contributed by atoms with Crippen molar-refractivity contribution in [1.82, 2.24) is 0 Å². The highest BCUT2D eigenvalue weighted by Gasteiger charge is 2.30. The molecule has 0 heterocycles. The first-order valence-electron chi connectivity index (χ1n) is 36.1. The Labute approximate surface area is 537 Å². The number of aliphatic hydroxyl groups excluding tert-OH is 1. The molecule has 5 atom stereocenters. The van der Waals surface area contributed by atoms with E-state index in [0.717, 1.165) is 96.3 Å². The molecule has 522 valence electrons. The van der Waals surface area contributed by atoms with Gasteiger partial charge in [-0.3, -0.25) is 37.3 Å². The third-order valence-electron chi connectivity index (χ3n) is 16.0. The number of rotatable bonds is 69. The van der Waals surface area contributed by atoms with Gasteiger partial charge in [-0.1, -0.05) is 304 Å². The first-order valence-corrected chi connectivity index (χ1v) is 39.1. The van der Waals surface area contributed by atoms with Gasteiger partial charge >= 0.3 is 39.5 Å². The van der Waals surface area contributed by atoms with E-state index in [1.807, 2.05) is 0 Å². The fourth-order valence-electron chi connectivity index (χ4n) is 10.5. The Kier molecular flexibility index (Phi) is 61.1. The highest BCUT2D eigenvalue weighted by Crippen LogP contribution is 2.45. The van der Waals surface area contributed by atoms with Gasteiger partial charge < -0.3 is 33.8 Å². The van der Waals surface area contributed by atoms with Gasteiger partial charge in [0.05, 0.1) is 26.4 Å². The second-order valence-electron chi connectivity index (χ2n) is 25.4. The van der Waals surface area contributed by atoms with Crippen molar-refractivity contribution in [2.24, 2.45) is 5.92 Å². The summed E-state index contributed by atoms with van der Waals surface area (Å²) in [6, 6.07) is 0. The predicted molar refractivity (Wildman–Crippen MR) is 354 cm³/mol. The minimum absolute atomic E-state index is 0.106. The summed E-state index contributed by atoms with van der Waals surface area (Å²) in [5, 5.41) is 10.6. The zero-order chi connectivity index (χ0) is 64.9. The summed E-state index contributed by atoms with van der Waals surface area (Å²) in [5.41, 5.74) is 0. The minimum atomic E-state index is -4.95. The Balaban J connectivity index is 5.19. The van der Waals surface area contributed by atoms with Gasteiger partial charge in [0.2, 0.25) is 0 Å². The molecule has 0 saturated heterocycles. The fraction of sp³-hybridized carbons (Fsp3) is 0.942. The van der Waals surface area contributed by atoms with Crippen molar-refractivity contribution in [3.8, 4) is 0 Å². The van der Waals surface area contributed by atoms with Gasteiger partial charge in [0.15, 0.2) is 12.2 Å². The van der Waals surface area contributed by atoms with Gasteiger partial charge in [0.1, 0.15) is 19.3 Å². The zero-order valence-corrected chi connectivity index (χ0v) is 58.6. The van der Waals surface area contributed by atoms with Crippen LogP contribution in [0.15, 0.2) is 0 Å². The molecule has 0 aliphatic rings. The Morgan fingerprint density at radius 1 is 0.307 bits per heavy atom. The first-order chi connectivity index (χ1) is 42.5. The molecule has 0 saturated carbocycles. The summed E-state index contributed by atoms with van der Waals surface area (Å²) >= 11 is 0. The highest BCUT2D eigenvalue weighted by molar-refractivity contribution is 7.47. The average Bonchev–Trinajstić information content (AvgIpc) is 3.69. The average molecular weight is 1300 g/mol. The SMILES string of the molecule is CCCCCCCCCCCCCCCCCCCCC(=O)O[C@H](COC(=O)CCCCCCCCCCCCC)COP(=O)(O)OC[C@@H](O)COP(=O)(O)OC[C@@H](COC(=O)CCCCCCCCC(C)C)OC(=O)CCCCCCCCCCCC. The molecule has 0 aliphatic heterocycles. The van der Waals surface area contributed by atoms with E-state index in [2.05, 4.69) is 34.6 Å². The van der Waals surface area contributed by atoms with Crippen LogP contribution in [0.1, 0.15) is 356 Å². The van der Waals surface area contributed by atoms with Gasteiger partial charge in [0.25, 0.3) is 0 Å². The molecule has 88 heavy (non-hydrogen) atoms. The second-order valence-corrected chi connectivity index (χ2v) is 28.3. The van der Waals surface area contributed by atoms with Crippen LogP contribution < -0.4 is 0 Å². The molecule has 0 bridgehead atoms. The standard InChI is InChI=1S/C69H134O17P2/c1-6-9-12-15-18-21-24-25-26-27-28-29-30-32-35-38-45-50-55-69(74)85-64(58-79-66(71)52-47-42-36-34-31-22-19-16-13-10-7-2)60-83-87(75,76)81-56-63(70)57-82-88(77,78)84-61-65(59-80-67(72)53-48-43-40-39-41-46-51-62(4)5)86-68(73)54-49-44-37-33-23-20-17-14-11-8-3/h62-65,70H,6-61H2,1-5H3,(H,75,76)(H,77,78)/t63-,64-,65-/m1/s1. The van der Waals surface area contributed by atoms with Gasteiger partial charge in [-0.2, -0.15) is 0 Å². The van der Waals surface area contributed by atoms with E-state index in [4.69, 9.17) is 37.0 Å². The molecule has 0 aromatic heterocycles. The topological polar surface area (TPSA) is 237 Å². The van der Waals surface area contributed by atoms with Crippen LogP contribution in [0.4, 0.5) is 0 Å². The van der Waals surface area contributed by atoms with E-state index in [0.29, 0.717) is 31.6 Å². The lowest BCUT2D eigenvalue weighted by atomic mass is 10.0. The maximum absolute atomic E-state index is 13.0. The molecule has 17 nitrogen and oxygen atoms in total. The molecule has 0 amide bonds. The molecule has 2 unspecified atom stereocenters. The summed E-state index contributed by atoms with van der Waals surface area (Å²) in [6.45, 7) is 7.14. The normalized spacial score (nSPS) is 14.1. The number of phosphoric acid groups is 2. The van der Waals surface area contributed by atoms with Crippen LogP contribution in [0, 0.1) is 5.92 Å². The molecule has 0 fully saturated rings. The summed E-state index contributed by atoms with van der Waals surface area (Å²) < 4.78 is 68.2. The largest absolute Gasteiger partial charge is 0.472 e. The molecule has 0 radical (unpaired) electrons. The second kappa shape index (κ2) is 62.5. The third kappa shape index (κ3) is 62.8. The summed E-state index contributed by atoms with van der Waals surface area (Å²) in [7, 11) is -9.89. The quantitative estimate of drug-likeness (QED) is 0.0222. The molecular formula is C69H134O17P2. The van der Waals surface area contributed by atoms with E-state index in [1.165, 1.54) is 173 Å². The molecular weight excluding hydrogens is 1160 g/mol. The summed E-state index contributed by atoms with van der Waals surface area (Å²) in [4.78, 5) is 72.4. The van der Waals surface area contributed by atoms with Gasteiger partial charge in [-0.15, -0.1) is 0 Å². The number of phosphoric ester groups is 2. The van der Waals surface area contributed by atoms with Crippen LogP contribution in [0.5, 0.6) is 0 Å². The van der Waals surface area contributed by atoms with E-state index >= 15 is 0 Å². The third-order valence-corrected chi connectivity index (χ3v) is 17.9. The van der Waals surface area contributed by atoms with Gasteiger partial charge in [-0.25, -0.2) is 9.13 Å². The Morgan fingerprint density at radius 3 is 0.773 bits per heavy atom. The highest BCUT2D eigenvalue weighted by atomic mass is 31.2. The van der Waals surface area contributed by atoms with Crippen molar-refractivity contribution < 1.29 is 80.2 Å². The smallest absolute Gasteiger partial charge is 0.462 e. The van der Waals surface area contributed by atoms with Crippen molar-refractivity contribution in [2.75, 3.05) is 39.6 Å². The fourth-order valence-corrected chi connectivity index (χ4v) is 12.0.